The van der Waals surface area contributed by atoms with E-state index in [2.05, 4.69) is 4.74 Å². The molecule has 4 nitrogen and oxygen atoms in total. The molecular formula is C11H13ClO4S. The van der Waals surface area contributed by atoms with Gasteiger partial charge < -0.3 is 4.74 Å². The molecule has 1 unspecified atom stereocenters. The molecular weight excluding hydrogens is 264 g/mol. The summed E-state index contributed by atoms with van der Waals surface area (Å²) in [4.78, 5) is 11.3. The van der Waals surface area contributed by atoms with Crippen LogP contribution in [0.5, 0.6) is 0 Å². The molecule has 0 aromatic heterocycles. The first-order valence-corrected chi connectivity index (χ1v) is 6.96. The highest BCUT2D eigenvalue weighted by Crippen LogP contribution is 2.18. The molecule has 1 aromatic rings. The molecule has 1 aromatic carbocycles. The second-order valence-corrected chi connectivity index (χ2v) is 6.13. The number of halogens is 1. The molecule has 0 bridgehead atoms. The average Bonchev–Trinajstić information content (AvgIpc) is 2.27. The Hall–Kier alpha value is -1.07. The van der Waals surface area contributed by atoms with Crippen LogP contribution in [0.1, 0.15) is 6.92 Å². The molecule has 0 saturated heterocycles. The van der Waals surface area contributed by atoms with Gasteiger partial charge in [0, 0.05) is 5.02 Å². The second kappa shape index (κ2) is 5.51. The molecule has 0 aliphatic rings. The third kappa shape index (κ3) is 3.71. The fraction of sp³-hybridized carbons (Fsp3) is 0.364. The van der Waals surface area contributed by atoms with Gasteiger partial charge in [0.15, 0.2) is 9.84 Å². The average molecular weight is 277 g/mol. The molecule has 0 aliphatic carbocycles. The monoisotopic (exact) mass is 276 g/mol. The Bertz CT molecular complexity index is 510. The van der Waals surface area contributed by atoms with Crippen LogP contribution in [0.3, 0.4) is 0 Å². The van der Waals surface area contributed by atoms with E-state index in [4.69, 9.17) is 11.6 Å². The van der Waals surface area contributed by atoms with E-state index in [1.54, 1.807) is 12.1 Å². The van der Waals surface area contributed by atoms with Gasteiger partial charge in [-0.05, 0) is 18.2 Å². The fourth-order valence-corrected chi connectivity index (χ4v) is 3.19. The summed E-state index contributed by atoms with van der Waals surface area (Å²) in [5, 5.41) is 0.344. The topological polar surface area (TPSA) is 60.4 Å². The maximum Gasteiger partial charge on any atom is 0.309 e. The minimum atomic E-state index is -3.52. The molecule has 0 spiro atoms. The number of sulfone groups is 1. The van der Waals surface area contributed by atoms with Gasteiger partial charge in [-0.2, -0.15) is 0 Å². The first-order chi connectivity index (χ1) is 7.86. The smallest absolute Gasteiger partial charge is 0.309 e. The zero-order valence-corrected chi connectivity index (χ0v) is 11.1. The molecule has 0 N–H and O–H groups in total. The molecule has 94 valence electrons. The zero-order chi connectivity index (χ0) is 13.1. The van der Waals surface area contributed by atoms with Gasteiger partial charge in [-0.1, -0.05) is 24.6 Å². The zero-order valence-electron chi connectivity index (χ0n) is 9.51. The Morgan fingerprint density at radius 3 is 2.65 bits per heavy atom. The molecule has 0 radical (unpaired) electrons. The van der Waals surface area contributed by atoms with Crippen molar-refractivity contribution in [3.63, 3.8) is 0 Å². The first-order valence-electron chi connectivity index (χ1n) is 4.93. The number of carbonyl (C=O) groups excluding carboxylic acids is 1. The molecule has 0 saturated carbocycles. The van der Waals surface area contributed by atoms with Crippen molar-refractivity contribution in [2.75, 3.05) is 12.9 Å². The van der Waals surface area contributed by atoms with E-state index in [-0.39, 0.29) is 10.6 Å². The van der Waals surface area contributed by atoms with Crippen LogP contribution in [0.4, 0.5) is 0 Å². The fourth-order valence-electron chi connectivity index (χ4n) is 1.36. The number of hydrogen-bond donors (Lipinski definition) is 0. The van der Waals surface area contributed by atoms with Gasteiger partial charge in [-0.3, -0.25) is 4.79 Å². The van der Waals surface area contributed by atoms with Crippen molar-refractivity contribution < 1.29 is 17.9 Å². The minimum absolute atomic E-state index is 0.112. The van der Waals surface area contributed by atoms with Crippen molar-refractivity contribution >= 4 is 27.4 Å². The Labute approximate surface area is 105 Å². The van der Waals surface area contributed by atoms with Gasteiger partial charge >= 0.3 is 5.97 Å². The number of benzene rings is 1. The van der Waals surface area contributed by atoms with E-state index >= 15 is 0 Å². The van der Waals surface area contributed by atoms with Crippen LogP contribution < -0.4 is 0 Å². The quantitative estimate of drug-likeness (QED) is 0.789. The summed E-state index contributed by atoms with van der Waals surface area (Å²) in [5.74, 6) is -1.54. The van der Waals surface area contributed by atoms with Crippen molar-refractivity contribution in [2.45, 2.75) is 11.8 Å². The van der Waals surface area contributed by atoms with Crippen LogP contribution in [0.2, 0.25) is 5.02 Å². The first kappa shape index (κ1) is 14.0. The van der Waals surface area contributed by atoms with E-state index < -0.39 is 21.7 Å². The van der Waals surface area contributed by atoms with E-state index in [0.717, 1.165) is 0 Å². The van der Waals surface area contributed by atoms with Gasteiger partial charge in [0.05, 0.1) is 23.7 Å². The molecule has 0 aliphatic heterocycles. The number of hydrogen-bond acceptors (Lipinski definition) is 4. The van der Waals surface area contributed by atoms with Crippen molar-refractivity contribution in [1.29, 1.82) is 0 Å². The number of rotatable bonds is 4. The van der Waals surface area contributed by atoms with E-state index in [9.17, 15) is 13.2 Å². The Morgan fingerprint density at radius 1 is 1.47 bits per heavy atom. The lowest BCUT2D eigenvalue weighted by atomic mass is 10.2. The highest BCUT2D eigenvalue weighted by atomic mass is 35.5. The number of carbonyl (C=O) groups is 1. The molecule has 0 fully saturated rings. The molecule has 0 heterocycles. The molecule has 17 heavy (non-hydrogen) atoms. The molecule has 1 atom stereocenters. The molecule has 6 heteroatoms. The predicted molar refractivity (Wildman–Crippen MR) is 64.7 cm³/mol. The maximum atomic E-state index is 11.9. The Morgan fingerprint density at radius 2 is 2.12 bits per heavy atom. The summed E-state index contributed by atoms with van der Waals surface area (Å²) in [6, 6.07) is 5.95. The summed E-state index contributed by atoms with van der Waals surface area (Å²) in [6.07, 6.45) is 0. The number of ether oxygens (including phenoxy) is 1. The standard InChI is InChI=1S/C11H13ClO4S/c1-8(11(13)16-2)7-17(14,15)10-5-3-4-9(12)6-10/h3-6,8H,7H2,1-2H3. The summed E-state index contributed by atoms with van der Waals surface area (Å²) in [5.41, 5.74) is 0. The maximum absolute atomic E-state index is 11.9. The van der Waals surface area contributed by atoms with Gasteiger partial charge in [-0.25, -0.2) is 8.42 Å². The van der Waals surface area contributed by atoms with Crippen LogP contribution >= 0.6 is 11.6 Å². The lowest BCUT2D eigenvalue weighted by Crippen LogP contribution is -2.22. The SMILES string of the molecule is COC(=O)C(C)CS(=O)(=O)c1cccc(Cl)c1. The van der Waals surface area contributed by atoms with Gasteiger partial charge in [0.1, 0.15) is 0 Å². The summed E-state index contributed by atoms with van der Waals surface area (Å²) in [6.45, 7) is 1.51. The van der Waals surface area contributed by atoms with E-state index in [1.807, 2.05) is 0 Å². The largest absolute Gasteiger partial charge is 0.469 e. The number of esters is 1. The van der Waals surface area contributed by atoms with E-state index in [1.165, 1.54) is 26.2 Å². The Balaban J connectivity index is 2.93. The van der Waals surface area contributed by atoms with Crippen molar-refractivity contribution in [1.82, 2.24) is 0 Å². The van der Waals surface area contributed by atoms with Gasteiger partial charge in [-0.15, -0.1) is 0 Å². The summed E-state index contributed by atoms with van der Waals surface area (Å²) < 4.78 is 28.4. The normalized spacial score (nSPS) is 13.1. The third-order valence-electron chi connectivity index (χ3n) is 2.23. The van der Waals surface area contributed by atoms with E-state index in [0.29, 0.717) is 5.02 Å². The summed E-state index contributed by atoms with van der Waals surface area (Å²) >= 11 is 5.72. The van der Waals surface area contributed by atoms with Crippen molar-refractivity contribution in [3.05, 3.63) is 29.3 Å². The van der Waals surface area contributed by atoms with Gasteiger partial charge in [0.2, 0.25) is 0 Å². The van der Waals surface area contributed by atoms with Gasteiger partial charge in [0.25, 0.3) is 0 Å². The number of methoxy groups -OCH3 is 1. The van der Waals surface area contributed by atoms with Crippen LogP contribution in [0.25, 0.3) is 0 Å². The minimum Gasteiger partial charge on any atom is -0.469 e. The highest BCUT2D eigenvalue weighted by molar-refractivity contribution is 7.91. The Kier molecular flexibility index (Phi) is 4.54. The molecule has 0 amide bonds. The predicted octanol–water partition coefficient (Wildman–Crippen LogP) is 1.92. The van der Waals surface area contributed by atoms with Crippen LogP contribution in [-0.2, 0) is 19.4 Å². The lowest BCUT2D eigenvalue weighted by Gasteiger charge is -2.10. The second-order valence-electron chi connectivity index (χ2n) is 3.66. The van der Waals surface area contributed by atoms with Crippen LogP contribution in [0, 0.1) is 5.92 Å². The third-order valence-corrected chi connectivity index (χ3v) is 4.37. The van der Waals surface area contributed by atoms with Crippen LogP contribution in [0.15, 0.2) is 29.2 Å². The van der Waals surface area contributed by atoms with Crippen molar-refractivity contribution in [3.8, 4) is 0 Å². The lowest BCUT2D eigenvalue weighted by molar-refractivity contribution is -0.144. The van der Waals surface area contributed by atoms with Crippen molar-refractivity contribution in [2.24, 2.45) is 5.92 Å². The molecule has 1 rings (SSSR count). The van der Waals surface area contributed by atoms with Crippen LogP contribution in [-0.4, -0.2) is 27.2 Å². The highest BCUT2D eigenvalue weighted by Gasteiger charge is 2.23. The summed E-state index contributed by atoms with van der Waals surface area (Å²) in [7, 11) is -2.30.